The Kier molecular flexibility index (Phi) is 3.73. The second-order valence-electron chi connectivity index (χ2n) is 5.69. The third kappa shape index (κ3) is 2.68. The van der Waals surface area contributed by atoms with E-state index in [4.69, 9.17) is 5.73 Å². The average molecular weight is 284 g/mol. The van der Waals surface area contributed by atoms with Crippen molar-refractivity contribution in [1.82, 2.24) is 14.8 Å². The molecule has 1 aromatic heterocycles. The second-order valence-corrected chi connectivity index (χ2v) is 5.69. The van der Waals surface area contributed by atoms with Crippen LogP contribution in [0.5, 0.6) is 0 Å². The molecule has 1 aliphatic carbocycles. The molecule has 2 aromatic rings. The molecule has 0 amide bonds. The van der Waals surface area contributed by atoms with Crippen molar-refractivity contribution in [3.05, 3.63) is 29.8 Å². The average Bonchev–Trinajstić information content (AvgIpc) is 2.89. The number of benzene rings is 1. The Morgan fingerprint density at radius 3 is 2.67 bits per heavy atom. The van der Waals surface area contributed by atoms with Gasteiger partial charge in [0.1, 0.15) is 0 Å². The van der Waals surface area contributed by atoms with Crippen molar-refractivity contribution in [3.8, 4) is 11.4 Å². The van der Waals surface area contributed by atoms with E-state index in [1.54, 1.807) is 0 Å². The Morgan fingerprint density at radius 2 is 1.95 bits per heavy atom. The van der Waals surface area contributed by atoms with Crippen LogP contribution in [-0.4, -0.2) is 20.7 Å². The SMILES string of the molecule is Cc1ccccc1-c1nc(N)n(C(=O)C2CCCCC2)n1. The Balaban J connectivity index is 1.91. The highest BCUT2D eigenvalue weighted by molar-refractivity contribution is 5.83. The van der Waals surface area contributed by atoms with Crippen LogP contribution in [0.1, 0.15) is 42.5 Å². The number of hydrogen-bond acceptors (Lipinski definition) is 4. The molecule has 1 aromatic carbocycles. The molecule has 1 saturated carbocycles. The van der Waals surface area contributed by atoms with Crippen molar-refractivity contribution in [1.29, 1.82) is 0 Å². The van der Waals surface area contributed by atoms with Gasteiger partial charge in [0, 0.05) is 11.5 Å². The molecule has 0 bridgehead atoms. The summed E-state index contributed by atoms with van der Waals surface area (Å²) in [7, 11) is 0. The molecule has 0 saturated heterocycles. The first-order valence-corrected chi connectivity index (χ1v) is 7.49. The topological polar surface area (TPSA) is 73.8 Å². The van der Waals surface area contributed by atoms with E-state index >= 15 is 0 Å². The Hall–Kier alpha value is -2.17. The van der Waals surface area contributed by atoms with Gasteiger partial charge in [-0.25, -0.2) is 0 Å². The molecule has 0 radical (unpaired) electrons. The minimum absolute atomic E-state index is 0.0143. The fraction of sp³-hybridized carbons (Fsp3) is 0.438. The molecule has 1 fully saturated rings. The smallest absolute Gasteiger partial charge is 0.253 e. The lowest BCUT2D eigenvalue weighted by Crippen LogP contribution is -2.26. The van der Waals surface area contributed by atoms with E-state index in [-0.39, 0.29) is 17.8 Å². The summed E-state index contributed by atoms with van der Waals surface area (Å²) in [5, 5.41) is 4.35. The molecular formula is C16H20N4O. The summed E-state index contributed by atoms with van der Waals surface area (Å²) in [4.78, 5) is 16.8. The van der Waals surface area contributed by atoms with Gasteiger partial charge in [0.15, 0.2) is 5.82 Å². The number of nitrogen functional groups attached to an aromatic ring is 1. The number of rotatable bonds is 2. The van der Waals surface area contributed by atoms with Gasteiger partial charge in [0.05, 0.1) is 0 Å². The summed E-state index contributed by atoms with van der Waals surface area (Å²) in [6.07, 6.45) is 5.28. The molecule has 1 heterocycles. The van der Waals surface area contributed by atoms with Crippen LogP contribution in [0, 0.1) is 12.8 Å². The Bertz CT molecular complexity index is 656. The van der Waals surface area contributed by atoms with E-state index in [1.165, 1.54) is 11.1 Å². The Morgan fingerprint density at radius 1 is 1.24 bits per heavy atom. The first kappa shape index (κ1) is 13.8. The van der Waals surface area contributed by atoms with Crippen molar-refractivity contribution < 1.29 is 4.79 Å². The van der Waals surface area contributed by atoms with Gasteiger partial charge < -0.3 is 5.73 Å². The summed E-state index contributed by atoms with van der Waals surface area (Å²) in [6.45, 7) is 2.00. The third-order valence-corrected chi connectivity index (χ3v) is 4.18. The number of nitrogens with zero attached hydrogens (tertiary/aromatic N) is 3. The number of anilines is 1. The summed E-state index contributed by atoms with van der Waals surface area (Å²) in [5.41, 5.74) is 7.89. The summed E-state index contributed by atoms with van der Waals surface area (Å²) in [5.74, 6) is 0.727. The maximum Gasteiger partial charge on any atom is 0.253 e. The highest BCUT2D eigenvalue weighted by Crippen LogP contribution is 2.26. The number of aromatic nitrogens is 3. The number of carbonyl (C=O) groups is 1. The van der Waals surface area contributed by atoms with E-state index in [1.807, 2.05) is 31.2 Å². The third-order valence-electron chi connectivity index (χ3n) is 4.18. The van der Waals surface area contributed by atoms with Gasteiger partial charge in [-0.15, -0.1) is 5.10 Å². The summed E-state index contributed by atoms with van der Waals surface area (Å²) in [6, 6.07) is 7.84. The molecular weight excluding hydrogens is 264 g/mol. The van der Waals surface area contributed by atoms with Gasteiger partial charge >= 0.3 is 0 Å². The van der Waals surface area contributed by atoms with Crippen LogP contribution in [0.4, 0.5) is 5.95 Å². The van der Waals surface area contributed by atoms with Crippen LogP contribution in [0.25, 0.3) is 11.4 Å². The first-order chi connectivity index (χ1) is 10.2. The van der Waals surface area contributed by atoms with Crippen LogP contribution >= 0.6 is 0 Å². The fourth-order valence-corrected chi connectivity index (χ4v) is 2.95. The lowest BCUT2D eigenvalue weighted by atomic mass is 9.89. The molecule has 0 atom stereocenters. The van der Waals surface area contributed by atoms with Gasteiger partial charge in [-0.3, -0.25) is 4.79 Å². The molecule has 5 nitrogen and oxygen atoms in total. The standard InChI is InChI=1S/C16H20N4O/c1-11-7-5-6-10-13(11)14-18-16(17)20(19-14)15(21)12-8-3-2-4-9-12/h5-7,10,12H,2-4,8-9H2,1H3,(H2,17,18,19). The van der Waals surface area contributed by atoms with Crippen molar-refractivity contribution in [3.63, 3.8) is 0 Å². The van der Waals surface area contributed by atoms with Crippen LogP contribution in [0.15, 0.2) is 24.3 Å². The van der Waals surface area contributed by atoms with E-state index in [0.29, 0.717) is 5.82 Å². The van der Waals surface area contributed by atoms with E-state index < -0.39 is 0 Å². The lowest BCUT2D eigenvalue weighted by molar-refractivity contribution is 0.0788. The van der Waals surface area contributed by atoms with E-state index in [2.05, 4.69) is 10.1 Å². The Labute approximate surface area is 124 Å². The maximum absolute atomic E-state index is 12.5. The van der Waals surface area contributed by atoms with E-state index in [0.717, 1.165) is 36.8 Å². The largest absolute Gasteiger partial charge is 0.368 e. The highest BCUT2D eigenvalue weighted by atomic mass is 16.2. The molecule has 1 aliphatic rings. The number of carbonyl (C=O) groups excluding carboxylic acids is 1. The molecule has 0 unspecified atom stereocenters. The van der Waals surface area contributed by atoms with Crippen molar-refractivity contribution in [2.75, 3.05) is 5.73 Å². The first-order valence-electron chi connectivity index (χ1n) is 7.49. The zero-order chi connectivity index (χ0) is 14.8. The lowest BCUT2D eigenvalue weighted by Gasteiger charge is -2.19. The maximum atomic E-state index is 12.5. The number of hydrogen-bond donors (Lipinski definition) is 1. The summed E-state index contributed by atoms with van der Waals surface area (Å²) < 4.78 is 1.29. The quantitative estimate of drug-likeness (QED) is 0.919. The molecule has 3 rings (SSSR count). The number of aryl methyl sites for hydroxylation is 1. The minimum Gasteiger partial charge on any atom is -0.368 e. The van der Waals surface area contributed by atoms with Crippen LogP contribution < -0.4 is 5.73 Å². The molecule has 0 aliphatic heterocycles. The van der Waals surface area contributed by atoms with Crippen molar-refractivity contribution >= 4 is 11.9 Å². The molecule has 5 heteroatoms. The normalized spacial score (nSPS) is 16.0. The minimum atomic E-state index is -0.0143. The summed E-state index contributed by atoms with van der Waals surface area (Å²) >= 11 is 0. The van der Waals surface area contributed by atoms with Gasteiger partial charge in [-0.1, -0.05) is 43.5 Å². The molecule has 21 heavy (non-hydrogen) atoms. The highest BCUT2D eigenvalue weighted by Gasteiger charge is 2.25. The molecule has 0 spiro atoms. The van der Waals surface area contributed by atoms with Crippen molar-refractivity contribution in [2.24, 2.45) is 5.92 Å². The second kappa shape index (κ2) is 5.68. The number of nitrogens with two attached hydrogens (primary N) is 1. The molecule has 110 valence electrons. The molecule has 2 N–H and O–H groups in total. The van der Waals surface area contributed by atoms with Crippen LogP contribution in [0.3, 0.4) is 0 Å². The predicted octanol–water partition coefficient (Wildman–Crippen LogP) is 3.06. The van der Waals surface area contributed by atoms with Crippen molar-refractivity contribution in [2.45, 2.75) is 39.0 Å². The van der Waals surface area contributed by atoms with Crippen LogP contribution in [-0.2, 0) is 0 Å². The fourth-order valence-electron chi connectivity index (χ4n) is 2.95. The van der Waals surface area contributed by atoms with Gasteiger partial charge in [0.2, 0.25) is 5.95 Å². The predicted molar refractivity (Wildman–Crippen MR) is 81.8 cm³/mol. The zero-order valence-corrected chi connectivity index (χ0v) is 12.2. The van der Waals surface area contributed by atoms with Gasteiger partial charge in [-0.05, 0) is 25.3 Å². The van der Waals surface area contributed by atoms with Crippen LogP contribution in [0.2, 0.25) is 0 Å². The van der Waals surface area contributed by atoms with E-state index in [9.17, 15) is 4.79 Å². The zero-order valence-electron chi connectivity index (χ0n) is 12.2. The van der Waals surface area contributed by atoms with Gasteiger partial charge in [-0.2, -0.15) is 9.67 Å². The van der Waals surface area contributed by atoms with Gasteiger partial charge in [0.25, 0.3) is 5.91 Å². The monoisotopic (exact) mass is 284 g/mol.